The van der Waals surface area contributed by atoms with Crippen LogP contribution >= 0.6 is 0 Å². The van der Waals surface area contributed by atoms with E-state index in [4.69, 9.17) is 4.74 Å². The van der Waals surface area contributed by atoms with Gasteiger partial charge < -0.3 is 4.74 Å². The van der Waals surface area contributed by atoms with Crippen LogP contribution in [-0.2, 0) is 9.53 Å². The van der Waals surface area contributed by atoms with Crippen molar-refractivity contribution in [2.24, 2.45) is 5.92 Å². The van der Waals surface area contributed by atoms with E-state index in [2.05, 4.69) is 13.8 Å². The molecule has 2 nitrogen and oxygen atoms in total. The van der Waals surface area contributed by atoms with E-state index in [1.807, 2.05) is 0 Å². The molecule has 0 N–H and O–H groups in total. The van der Waals surface area contributed by atoms with Crippen molar-refractivity contribution in [3.63, 3.8) is 0 Å². The summed E-state index contributed by atoms with van der Waals surface area (Å²) in [7, 11) is 0. The number of rotatable bonds is 3. The Hall–Kier alpha value is -0.530. The van der Waals surface area contributed by atoms with Crippen LogP contribution in [0.5, 0.6) is 0 Å². The third kappa shape index (κ3) is 2.21. The molecule has 64 valence electrons. The van der Waals surface area contributed by atoms with E-state index in [-0.39, 0.29) is 12.1 Å². The average Bonchev–Trinajstić information content (AvgIpc) is 2.26. The number of carbonyl (C=O) groups excluding carboxylic acids is 1. The Balaban J connectivity index is 2.28. The van der Waals surface area contributed by atoms with Gasteiger partial charge in [0, 0.05) is 5.92 Å². The molecule has 0 bridgehead atoms. The summed E-state index contributed by atoms with van der Waals surface area (Å²) in [5.74, 6) is 0.424. The van der Waals surface area contributed by atoms with Gasteiger partial charge in [0.2, 0.25) is 0 Å². The lowest BCUT2D eigenvalue weighted by molar-refractivity contribution is -0.141. The molecular formula is C9H16O2. The van der Waals surface area contributed by atoms with Crippen LogP contribution in [-0.4, -0.2) is 12.1 Å². The Morgan fingerprint density at radius 1 is 1.64 bits per heavy atom. The van der Waals surface area contributed by atoms with E-state index in [9.17, 15) is 4.79 Å². The van der Waals surface area contributed by atoms with Crippen molar-refractivity contribution in [2.75, 3.05) is 0 Å². The molecule has 0 spiro atoms. The molecule has 1 rings (SSSR count). The van der Waals surface area contributed by atoms with E-state index >= 15 is 0 Å². The van der Waals surface area contributed by atoms with Crippen LogP contribution in [0.2, 0.25) is 0 Å². The largest absolute Gasteiger partial charge is 0.462 e. The molecule has 1 aliphatic heterocycles. The van der Waals surface area contributed by atoms with Crippen molar-refractivity contribution in [1.29, 1.82) is 0 Å². The second-order valence-electron chi connectivity index (χ2n) is 3.35. The smallest absolute Gasteiger partial charge is 0.306 e. The zero-order chi connectivity index (χ0) is 8.27. The second kappa shape index (κ2) is 3.74. The highest BCUT2D eigenvalue weighted by molar-refractivity contribution is 5.71. The first kappa shape index (κ1) is 8.57. The zero-order valence-electron chi connectivity index (χ0n) is 7.30. The summed E-state index contributed by atoms with van der Waals surface area (Å²) < 4.78 is 5.14. The van der Waals surface area contributed by atoms with Gasteiger partial charge in [-0.05, 0) is 6.42 Å². The van der Waals surface area contributed by atoms with Crippen molar-refractivity contribution >= 4 is 5.97 Å². The fraction of sp³-hybridized carbons (Fsp3) is 0.889. The van der Waals surface area contributed by atoms with Crippen molar-refractivity contribution in [1.82, 2.24) is 0 Å². The monoisotopic (exact) mass is 156 g/mol. The molecule has 2 atom stereocenters. The normalized spacial score (nSPS) is 30.5. The van der Waals surface area contributed by atoms with Gasteiger partial charge in [-0.25, -0.2) is 0 Å². The van der Waals surface area contributed by atoms with Gasteiger partial charge in [-0.3, -0.25) is 4.79 Å². The highest BCUT2D eigenvalue weighted by Gasteiger charge is 2.30. The van der Waals surface area contributed by atoms with E-state index < -0.39 is 0 Å². The average molecular weight is 156 g/mol. The molecule has 0 saturated carbocycles. The van der Waals surface area contributed by atoms with Crippen LogP contribution in [0.1, 0.15) is 39.5 Å². The summed E-state index contributed by atoms with van der Waals surface area (Å²) in [5, 5.41) is 0. The van der Waals surface area contributed by atoms with Crippen LogP contribution in [0.15, 0.2) is 0 Å². The highest BCUT2D eigenvalue weighted by Crippen LogP contribution is 2.25. The standard InChI is InChI=1S/C9H16O2/c1-3-4-5-8-7(2)6-9(10)11-8/h7-8H,3-6H2,1-2H3/t7?,8-/m0/s1. The molecule has 0 radical (unpaired) electrons. The minimum absolute atomic E-state index is 0.0152. The molecule has 0 amide bonds. The van der Waals surface area contributed by atoms with Crippen molar-refractivity contribution in [2.45, 2.75) is 45.6 Å². The predicted octanol–water partition coefficient (Wildman–Crippen LogP) is 2.13. The number of unbranched alkanes of at least 4 members (excludes halogenated alkanes) is 1. The number of hydrogen-bond donors (Lipinski definition) is 0. The molecular weight excluding hydrogens is 140 g/mol. The van der Waals surface area contributed by atoms with Crippen molar-refractivity contribution in [3.8, 4) is 0 Å². The minimum atomic E-state index is -0.0152. The number of hydrogen-bond acceptors (Lipinski definition) is 2. The molecule has 11 heavy (non-hydrogen) atoms. The van der Waals surface area contributed by atoms with Gasteiger partial charge in [0.1, 0.15) is 6.10 Å². The Labute approximate surface area is 67.9 Å². The second-order valence-corrected chi connectivity index (χ2v) is 3.35. The first-order valence-electron chi connectivity index (χ1n) is 4.43. The summed E-state index contributed by atoms with van der Waals surface area (Å²) in [6.07, 6.45) is 4.23. The lowest BCUT2D eigenvalue weighted by Crippen LogP contribution is -2.12. The third-order valence-corrected chi connectivity index (χ3v) is 2.25. The van der Waals surface area contributed by atoms with E-state index in [1.165, 1.54) is 12.8 Å². The number of cyclic esters (lactones) is 1. The zero-order valence-corrected chi connectivity index (χ0v) is 7.30. The van der Waals surface area contributed by atoms with Crippen LogP contribution < -0.4 is 0 Å². The number of esters is 1. The molecule has 0 aromatic carbocycles. The van der Waals surface area contributed by atoms with E-state index in [0.717, 1.165) is 6.42 Å². The Kier molecular flexibility index (Phi) is 2.92. The quantitative estimate of drug-likeness (QED) is 0.585. The van der Waals surface area contributed by atoms with Crippen molar-refractivity contribution in [3.05, 3.63) is 0 Å². The SMILES string of the molecule is CCCC[C@@H]1OC(=O)CC1C. The maximum absolute atomic E-state index is 10.8. The van der Waals surface area contributed by atoms with Gasteiger partial charge in [0.05, 0.1) is 6.42 Å². The predicted molar refractivity (Wildman–Crippen MR) is 43.2 cm³/mol. The van der Waals surface area contributed by atoms with Gasteiger partial charge in [0.25, 0.3) is 0 Å². The molecule has 2 heteroatoms. The Morgan fingerprint density at radius 2 is 2.36 bits per heavy atom. The van der Waals surface area contributed by atoms with Gasteiger partial charge in [-0.15, -0.1) is 0 Å². The first-order chi connectivity index (χ1) is 5.24. The minimum Gasteiger partial charge on any atom is -0.462 e. The molecule has 1 unspecified atom stereocenters. The third-order valence-electron chi connectivity index (χ3n) is 2.25. The van der Waals surface area contributed by atoms with Crippen LogP contribution in [0.4, 0.5) is 0 Å². The summed E-state index contributed by atoms with van der Waals surface area (Å²) in [6, 6.07) is 0. The van der Waals surface area contributed by atoms with Gasteiger partial charge in [-0.1, -0.05) is 26.7 Å². The summed E-state index contributed by atoms with van der Waals surface area (Å²) >= 11 is 0. The summed E-state index contributed by atoms with van der Waals surface area (Å²) in [4.78, 5) is 10.8. The Morgan fingerprint density at radius 3 is 2.82 bits per heavy atom. The lowest BCUT2D eigenvalue weighted by Gasteiger charge is -2.11. The molecule has 1 fully saturated rings. The first-order valence-corrected chi connectivity index (χ1v) is 4.43. The van der Waals surface area contributed by atoms with E-state index in [1.54, 1.807) is 0 Å². The molecule has 0 aromatic rings. The van der Waals surface area contributed by atoms with Crippen molar-refractivity contribution < 1.29 is 9.53 Å². The molecule has 1 heterocycles. The molecule has 1 aliphatic rings. The fourth-order valence-corrected chi connectivity index (χ4v) is 1.48. The van der Waals surface area contributed by atoms with Gasteiger partial charge in [0.15, 0.2) is 0 Å². The van der Waals surface area contributed by atoms with Gasteiger partial charge >= 0.3 is 5.97 Å². The fourth-order valence-electron chi connectivity index (χ4n) is 1.48. The van der Waals surface area contributed by atoms with Crippen LogP contribution in [0.3, 0.4) is 0 Å². The topological polar surface area (TPSA) is 26.3 Å². The summed E-state index contributed by atoms with van der Waals surface area (Å²) in [6.45, 7) is 4.24. The Bertz CT molecular complexity index is 142. The number of carbonyl (C=O) groups is 1. The maximum atomic E-state index is 10.8. The van der Waals surface area contributed by atoms with Crippen LogP contribution in [0.25, 0.3) is 0 Å². The maximum Gasteiger partial charge on any atom is 0.306 e. The summed E-state index contributed by atoms with van der Waals surface area (Å²) in [5.41, 5.74) is 0. The molecule has 0 aliphatic carbocycles. The highest BCUT2D eigenvalue weighted by atomic mass is 16.5. The van der Waals surface area contributed by atoms with Crippen LogP contribution in [0, 0.1) is 5.92 Å². The van der Waals surface area contributed by atoms with E-state index in [0.29, 0.717) is 12.3 Å². The lowest BCUT2D eigenvalue weighted by atomic mass is 9.99. The molecule has 0 aromatic heterocycles. The molecule has 1 saturated heterocycles. The van der Waals surface area contributed by atoms with Gasteiger partial charge in [-0.2, -0.15) is 0 Å². The number of ether oxygens (including phenoxy) is 1.